The van der Waals surface area contributed by atoms with Crippen molar-refractivity contribution in [2.45, 2.75) is 13.8 Å². The highest BCUT2D eigenvalue weighted by molar-refractivity contribution is 7.19. The van der Waals surface area contributed by atoms with Gasteiger partial charge in [-0.25, -0.2) is 0 Å². The van der Waals surface area contributed by atoms with Crippen LogP contribution in [0, 0.1) is 13.8 Å². The number of thiophene rings is 1. The number of hydrogen-bond acceptors (Lipinski definition) is 1. The first-order chi connectivity index (χ1) is 27.6. The summed E-state index contributed by atoms with van der Waals surface area (Å²) in [5.74, 6) is 0. The second-order valence-electron chi connectivity index (χ2n) is 14.6. The molecule has 0 saturated heterocycles. The lowest BCUT2D eigenvalue weighted by Crippen LogP contribution is -1.98. The third-order valence-electron chi connectivity index (χ3n) is 11.0. The van der Waals surface area contributed by atoms with Gasteiger partial charge in [0.1, 0.15) is 0 Å². The van der Waals surface area contributed by atoms with Crippen LogP contribution in [0.1, 0.15) is 11.1 Å². The van der Waals surface area contributed by atoms with Crippen LogP contribution in [0.3, 0.4) is 0 Å². The average Bonchev–Trinajstić information content (AvgIpc) is 3.84. The molecule has 0 spiro atoms. The molecule has 10 aromatic rings. The van der Waals surface area contributed by atoms with E-state index < -0.39 is 0 Å². The summed E-state index contributed by atoms with van der Waals surface area (Å²) >= 11 is 1.87. The molecule has 56 heavy (non-hydrogen) atoms. The molecule has 10 rings (SSSR count). The summed E-state index contributed by atoms with van der Waals surface area (Å²) in [5.41, 5.74) is 18.3. The number of fused-ring (bicyclic) bond motifs is 3. The number of para-hydroxylation sites is 1. The van der Waals surface area contributed by atoms with Crippen LogP contribution in [-0.2, 0) is 0 Å². The van der Waals surface area contributed by atoms with E-state index in [-0.39, 0.29) is 0 Å². The highest BCUT2D eigenvalue weighted by atomic mass is 32.1. The van der Waals surface area contributed by atoms with Gasteiger partial charge in [0, 0.05) is 31.7 Å². The Hall–Kier alpha value is -6.74. The predicted octanol–water partition coefficient (Wildman–Crippen LogP) is 15.5. The minimum absolute atomic E-state index is 1.17. The zero-order chi connectivity index (χ0) is 37.6. The molecule has 0 amide bonds. The number of rotatable bonds is 7. The van der Waals surface area contributed by atoms with Gasteiger partial charge in [-0.05, 0) is 94.8 Å². The van der Waals surface area contributed by atoms with Crippen molar-refractivity contribution in [3.63, 3.8) is 0 Å². The SMILES string of the molecule is Cc1ccc2c(c1)c1cc(C)ccc1n2-c1ccccc1-c1ccccc1-c1ccccc1-c1ccccc1-c1cc(-c2ccccc2)sc1-c1ccccc1. The van der Waals surface area contributed by atoms with E-state index in [0.29, 0.717) is 0 Å². The first kappa shape index (κ1) is 33.8. The van der Waals surface area contributed by atoms with E-state index in [2.05, 4.69) is 219 Å². The van der Waals surface area contributed by atoms with Gasteiger partial charge < -0.3 is 4.57 Å². The maximum Gasteiger partial charge on any atom is 0.0541 e. The Bertz CT molecular complexity index is 2980. The maximum absolute atomic E-state index is 2.46. The van der Waals surface area contributed by atoms with Crippen molar-refractivity contribution in [3.05, 3.63) is 211 Å². The summed E-state index contributed by atoms with van der Waals surface area (Å²) in [4.78, 5) is 2.54. The average molecular weight is 734 g/mol. The van der Waals surface area contributed by atoms with E-state index in [1.165, 1.54) is 104 Å². The van der Waals surface area contributed by atoms with Crippen molar-refractivity contribution in [3.8, 4) is 71.1 Å². The number of hydrogen-bond donors (Lipinski definition) is 0. The standard InChI is InChI=1S/C54H39NS/c1-36-29-31-51-47(33-36)48-34-37(2)30-32-52(48)55(51)50-28-16-15-27-46(50)44-25-13-11-23-42(44)40-21-9-10-22-41(40)43-24-12-14-26-45(43)49-35-53(38-17-5-3-6-18-38)56-54(49)39-19-7-4-8-20-39/h3-35H,1-2H3. The summed E-state index contributed by atoms with van der Waals surface area (Å²) in [6.07, 6.45) is 0. The summed E-state index contributed by atoms with van der Waals surface area (Å²) in [6.45, 7) is 4.36. The predicted molar refractivity (Wildman–Crippen MR) is 241 cm³/mol. The third-order valence-corrected chi connectivity index (χ3v) is 12.2. The molecule has 2 heterocycles. The molecular formula is C54H39NS. The Labute approximate surface area is 332 Å². The zero-order valence-electron chi connectivity index (χ0n) is 31.4. The second-order valence-corrected chi connectivity index (χ2v) is 15.7. The van der Waals surface area contributed by atoms with Crippen LogP contribution in [0.5, 0.6) is 0 Å². The van der Waals surface area contributed by atoms with E-state index in [9.17, 15) is 0 Å². The number of aryl methyl sites for hydroxylation is 2. The molecule has 0 unspecified atom stereocenters. The minimum atomic E-state index is 1.17. The summed E-state index contributed by atoms with van der Waals surface area (Å²) < 4.78 is 2.46. The van der Waals surface area contributed by atoms with Gasteiger partial charge >= 0.3 is 0 Å². The molecule has 2 aromatic heterocycles. The summed E-state index contributed by atoms with van der Waals surface area (Å²) in [6, 6.07) is 73.4. The van der Waals surface area contributed by atoms with E-state index in [1.54, 1.807) is 0 Å². The molecule has 0 N–H and O–H groups in total. The molecule has 0 bridgehead atoms. The minimum Gasteiger partial charge on any atom is -0.309 e. The Kier molecular flexibility index (Phi) is 8.54. The fourth-order valence-electron chi connectivity index (χ4n) is 8.41. The fraction of sp³-hybridized carbons (Fsp3) is 0.0370. The van der Waals surface area contributed by atoms with Gasteiger partial charge in [-0.3, -0.25) is 0 Å². The van der Waals surface area contributed by atoms with Crippen molar-refractivity contribution in [1.29, 1.82) is 0 Å². The highest BCUT2D eigenvalue weighted by Gasteiger charge is 2.22. The van der Waals surface area contributed by atoms with E-state index >= 15 is 0 Å². The lowest BCUT2D eigenvalue weighted by atomic mass is 9.86. The first-order valence-electron chi connectivity index (χ1n) is 19.3. The Morgan fingerprint density at radius 1 is 0.339 bits per heavy atom. The van der Waals surface area contributed by atoms with Crippen LogP contribution < -0.4 is 0 Å². The quantitative estimate of drug-likeness (QED) is 0.154. The highest BCUT2D eigenvalue weighted by Crippen LogP contribution is 2.48. The molecule has 0 fully saturated rings. The van der Waals surface area contributed by atoms with E-state index in [0.717, 1.165) is 0 Å². The smallest absolute Gasteiger partial charge is 0.0541 e. The molecule has 1 nitrogen and oxygen atoms in total. The van der Waals surface area contributed by atoms with Gasteiger partial charge in [0.15, 0.2) is 0 Å². The molecule has 0 atom stereocenters. The zero-order valence-corrected chi connectivity index (χ0v) is 32.2. The van der Waals surface area contributed by atoms with Gasteiger partial charge in [-0.15, -0.1) is 11.3 Å². The fourth-order valence-corrected chi connectivity index (χ4v) is 9.59. The van der Waals surface area contributed by atoms with Crippen molar-refractivity contribution in [2.75, 3.05) is 0 Å². The Balaban J connectivity index is 1.17. The van der Waals surface area contributed by atoms with Crippen molar-refractivity contribution < 1.29 is 0 Å². The second kappa shape index (κ2) is 14.2. The Morgan fingerprint density at radius 2 is 0.732 bits per heavy atom. The topological polar surface area (TPSA) is 4.93 Å². The van der Waals surface area contributed by atoms with Gasteiger partial charge in [0.2, 0.25) is 0 Å². The van der Waals surface area contributed by atoms with Crippen LogP contribution in [0.25, 0.3) is 92.9 Å². The van der Waals surface area contributed by atoms with Crippen LogP contribution in [0.2, 0.25) is 0 Å². The van der Waals surface area contributed by atoms with Gasteiger partial charge in [0.05, 0.1) is 16.7 Å². The van der Waals surface area contributed by atoms with Gasteiger partial charge in [-0.1, -0.05) is 175 Å². The number of aromatic nitrogens is 1. The van der Waals surface area contributed by atoms with Crippen LogP contribution in [-0.4, -0.2) is 4.57 Å². The number of benzene rings is 8. The third kappa shape index (κ3) is 5.87. The summed E-state index contributed by atoms with van der Waals surface area (Å²) in [5, 5.41) is 2.57. The molecule has 2 heteroatoms. The van der Waals surface area contributed by atoms with Crippen LogP contribution >= 0.6 is 11.3 Å². The van der Waals surface area contributed by atoms with Crippen molar-refractivity contribution in [1.82, 2.24) is 4.57 Å². The van der Waals surface area contributed by atoms with Gasteiger partial charge in [-0.2, -0.15) is 0 Å². The molecule has 0 aliphatic rings. The molecule has 8 aromatic carbocycles. The van der Waals surface area contributed by atoms with Crippen LogP contribution in [0.4, 0.5) is 0 Å². The van der Waals surface area contributed by atoms with E-state index in [4.69, 9.17) is 0 Å². The summed E-state index contributed by atoms with van der Waals surface area (Å²) in [7, 11) is 0. The number of nitrogens with zero attached hydrogens (tertiary/aromatic N) is 1. The Morgan fingerprint density at radius 3 is 1.23 bits per heavy atom. The molecular weight excluding hydrogens is 695 g/mol. The lowest BCUT2D eigenvalue weighted by molar-refractivity contribution is 1.18. The molecule has 0 aliphatic heterocycles. The maximum atomic E-state index is 2.46. The van der Waals surface area contributed by atoms with E-state index in [1.807, 2.05) is 11.3 Å². The van der Waals surface area contributed by atoms with Crippen molar-refractivity contribution in [2.24, 2.45) is 0 Å². The molecule has 0 radical (unpaired) electrons. The van der Waals surface area contributed by atoms with Gasteiger partial charge in [0.25, 0.3) is 0 Å². The normalized spacial score (nSPS) is 11.4. The monoisotopic (exact) mass is 733 g/mol. The largest absolute Gasteiger partial charge is 0.309 e. The van der Waals surface area contributed by atoms with Crippen LogP contribution in [0.15, 0.2) is 200 Å². The lowest BCUT2D eigenvalue weighted by Gasteiger charge is -2.19. The molecule has 0 saturated carbocycles. The molecule has 266 valence electrons. The first-order valence-corrected chi connectivity index (χ1v) is 20.1. The molecule has 0 aliphatic carbocycles. The van der Waals surface area contributed by atoms with Crippen molar-refractivity contribution >= 4 is 33.1 Å².